The van der Waals surface area contributed by atoms with Crippen LogP contribution in [0.1, 0.15) is 37.7 Å². The first-order valence-corrected chi connectivity index (χ1v) is 6.77. The van der Waals surface area contributed by atoms with Gasteiger partial charge in [-0.15, -0.1) is 0 Å². The van der Waals surface area contributed by atoms with E-state index in [4.69, 9.17) is 4.74 Å². The van der Waals surface area contributed by atoms with E-state index in [1.165, 1.54) is 18.9 Å². The van der Waals surface area contributed by atoms with E-state index in [0.717, 1.165) is 37.0 Å². The normalized spacial score (nSPS) is 24.9. The predicted molar refractivity (Wildman–Crippen MR) is 67.1 cm³/mol. The van der Waals surface area contributed by atoms with Gasteiger partial charge in [0.05, 0.1) is 0 Å². The molecule has 0 bridgehead atoms. The highest BCUT2D eigenvalue weighted by Crippen LogP contribution is 2.44. The van der Waals surface area contributed by atoms with Crippen LogP contribution < -0.4 is 4.74 Å². The van der Waals surface area contributed by atoms with Crippen LogP contribution in [-0.4, -0.2) is 17.8 Å². The Morgan fingerprint density at radius 1 is 1.33 bits per heavy atom. The minimum atomic E-state index is -0.198. The van der Waals surface area contributed by atoms with Gasteiger partial charge in [0.1, 0.15) is 17.7 Å². The summed E-state index contributed by atoms with van der Waals surface area (Å²) in [6.07, 6.45) is 6.35. The predicted octanol–water partition coefficient (Wildman–Crippen LogP) is 3.07. The van der Waals surface area contributed by atoms with Crippen molar-refractivity contribution in [2.24, 2.45) is 5.41 Å². The minimum absolute atomic E-state index is 0.0469. The number of hydrogen-bond donors (Lipinski definition) is 1. The summed E-state index contributed by atoms with van der Waals surface area (Å²) in [6, 6.07) is 4.72. The molecule has 1 aromatic rings. The number of aliphatic hydroxyl groups excluding tert-OH is 1. The maximum Gasteiger partial charge on any atom is 0.123 e. The molecule has 0 saturated heterocycles. The third kappa shape index (κ3) is 2.12. The molecule has 1 fully saturated rings. The summed E-state index contributed by atoms with van der Waals surface area (Å²) in [7, 11) is 0. The largest absolute Gasteiger partial charge is 0.490 e. The fourth-order valence-electron chi connectivity index (χ4n) is 3.44. The lowest BCUT2D eigenvalue weighted by Gasteiger charge is -2.29. The van der Waals surface area contributed by atoms with Crippen molar-refractivity contribution in [2.45, 2.75) is 44.6 Å². The second-order valence-corrected chi connectivity index (χ2v) is 5.77. The van der Waals surface area contributed by atoms with Gasteiger partial charge in [-0.2, -0.15) is 0 Å². The molecule has 3 heteroatoms. The van der Waals surface area contributed by atoms with E-state index in [0.29, 0.717) is 0 Å². The van der Waals surface area contributed by atoms with Crippen molar-refractivity contribution < 1.29 is 14.2 Å². The van der Waals surface area contributed by atoms with Crippen LogP contribution in [-0.2, 0) is 6.42 Å². The smallest absolute Gasteiger partial charge is 0.123 e. The van der Waals surface area contributed by atoms with E-state index in [2.05, 4.69) is 0 Å². The Labute approximate surface area is 107 Å². The van der Waals surface area contributed by atoms with Gasteiger partial charge in [0.25, 0.3) is 0 Å². The number of hydrogen-bond acceptors (Lipinski definition) is 2. The van der Waals surface area contributed by atoms with Gasteiger partial charge in [0.2, 0.25) is 0 Å². The Bertz CT molecular complexity index is 438. The molecule has 1 aliphatic carbocycles. The minimum Gasteiger partial charge on any atom is -0.490 e. The van der Waals surface area contributed by atoms with E-state index in [1.54, 1.807) is 12.1 Å². The number of aliphatic hydroxyl groups is 1. The highest BCUT2D eigenvalue weighted by Gasteiger charge is 2.38. The summed E-state index contributed by atoms with van der Waals surface area (Å²) in [6.45, 7) is 0.248. The lowest BCUT2D eigenvalue weighted by atomic mass is 9.81. The maximum absolute atomic E-state index is 13.1. The molecule has 2 nitrogen and oxygen atoms in total. The standard InChI is InChI=1S/C15H19FO2/c16-12-3-4-14-11(7-12)8-13(18-14)9-15(10-17)5-1-2-6-15/h3-4,7,13,17H,1-2,5-6,8-10H2. The molecule has 1 heterocycles. The van der Waals surface area contributed by atoms with E-state index >= 15 is 0 Å². The van der Waals surface area contributed by atoms with Gasteiger partial charge in [0.15, 0.2) is 0 Å². The van der Waals surface area contributed by atoms with Crippen LogP contribution in [0.25, 0.3) is 0 Å². The number of ether oxygens (including phenoxy) is 1. The van der Waals surface area contributed by atoms with Crippen LogP contribution in [0.3, 0.4) is 0 Å². The first-order chi connectivity index (χ1) is 8.71. The zero-order valence-electron chi connectivity index (χ0n) is 10.5. The van der Waals surface area contributed by atoms with Gasteiger partial charge in [-0.1, -0.05) is 12.8 Å². The van der Waals surface area contributed by atoms with E-state index < -0.39 is 0 Å². The maximum atomic E-state index is 13.1. The zero-order valence-corrected chi connectivity index (χ0v) is 10.5. The second-order valence-electron chi connectivity index (χ2n) is 5.77. The van der Waals surface area contributed by atoms with Crippen molar-refractivity contribution in [2.75, 3.05) is 6.61 Å². The molecule has 0 spiro atoms. The zero-order chi connectivity index (χ0) is 12.6. The SMILES string of the molecule is OCC1(CC2Cc3cc(F)ccc3O2)CCCC1. The molecule has 2 aliphatic rings. The van der Waals surface area contributed by atoms with Gasteiger partial charge in [0, 0.05) is 18.6 Å². The van der Waals surface area contributed by atoms with Crippen molar-refractivity contribution in [3.63, 3.8) is 0 Å². The van der Waals surface area contributed by atoms with Gasteiger partial charge < -0.3 is 9.84 Å². The molecule has 1 aliphatic heterocycles. The quantitative estimate of drug-likeness (QED) is 0.893. The summed E-state index contributed by atoms with van der Waals surface area (Å²) in [5.41, 5.74) is 1.01. The fraction of sp³-hybridized carbons (Fsp3) is 0.600. The highest BCUT2D eigenvalue weighted by atomic mass is 19.1. The van der Waals surface area contributed by atoms with E-state index in [1.807, 2.05) is 0 Å². The van der Waals surface area contributed by atoms with Gasteiger partial charge in [-0.25, -0.2) is 4.39 Å². The molecule has 1 aromatic carbocycles. The summed E-state index contributed by atoms with van der Waals surface area (Å²) in [4.78, 5) is 0. The molecule has 3 rings (SSSR count). The highest BCUT2D eigenvalue weighted by molar-refractivity contribution is 5.37. The second kappa shape index (κ2) is 4.54. The number of halogens is 1. The molecule has 1 saturated carbocycles. The van der Waals surface area contributed by atoms with Gasteiger partial charge >= 0.3 is 0 Å². The number of fused-ring (bicyclic) bond motifs is 1. The van der Waals surface area contributed by atoms with Crippen LogP contribution in [0.15, 0.2) is 18.2 Å². The van der Waals surface area contributed by atoms with Crippen molar-refractivity contribution >= 4 is 0 Å². The molecule has 98 valence electrons. The fourth-order valence-corrected chi connectivity index (χ4v) is 3.44. The monoisotopic (exact) mass is 250 g/mol. The Morgan fingerprint density at radius 3 is 2.83 bits per heavy atom. The molecule has 1 unspecified atom stereocenters. The molecular formula is C15H19FO2. The van der Waals surface area contributed by atoms with Crippen LogP contribution in [0.2, 0.25) is 0 Å². The van der Waals surface area contributed by atoms with Gasteiger partial charge in [-0.05, 0) is 42.9 Å². The lowest BCUT2D eigenvalue weighted by molar-refractivity contribution is 0.0734. The molecular weight excluding hydrogens is 231 g/mol. The van der Waals surface area contributed by atoms with Crippen molar-refractivity contribution in [1.82, 2.24) is 0 Å². The molecule has 18 heavy (non-hydrogen) atoms. The molecule has 0 radical (unpaired) electrons. The Balaban J connectivity index is 1.70. The third-order valence-corrected chi connectivity index (χ3v) is 4.42. The van der Waals surface area contributed by atoms with Crippen LogP contribution in [0, 0.1) is 11.2 Å². The topological polar surface area (TPSA) is 29.5 Å². The average molecular weight is 250 g/mol. The Kier molecular flexibility index (Phi) is 3.02. The summed E-state index contributed by atoms with van der Waals surface area (Å²) >= 11 is 0. The van der Waals surface area contributed by atoms with Crippen molar-refractivity contribution in [1.29, 1.82) is 0 Å². The third-order valence-electron chi connectivity index (χ3n) is 4.42. The Morgan fingerprint density at radius 2 is 2.11 bits per heavy atom. The molecule has 1 atom stereocenters. The van der Waals surface area contributed by atoms with E-state index in [-0.39, 0.29) is 23.9 Å². The van der Waals surface area contributed by atoms with Crippen LogP contribution in [0.4, 0.5) is 4.39 Å². The first kappa shape index (κ1) is 12.0. The van der Waals surface area contributed by atoms with E-state index in [9.17, 15) is 9.50 Å². The summed E-state index contributed by atoms with van der Waals surface area (Å²) < 4.78 is 19.0. The Hall–Kier alpha value is -1.09. The van der Waals surface area contributed by atoms with Gasteiger partial charge in [-0.3, -0.25) is 0 Å². The van der Waals surface area contributed by atoms with Crippen LogP contribution >= 0.6 is 0 Å². The first-order valence-electron chi connectivity index (χ1n) is 6.77. The number of benzene rings is 1. The summed E-state index contributed by atoms with van der Waals surface area (Å²) in [5, 5.41) is 9.62. The molecule has 0 aromatic heterocycles. The summed E-state index contributed by atoms with van der Waals surface area (Å²) in [5.74, 6) is 0.614. The average Bonchev–Trinajstić information content (AvgIpc) is 2.96. The number of rotatable bonds is 3. The molecule has 0 amide bonds. The lowest BCUT2D eigenvalue weighted by Crippen LogP contribution is -2.29. The van der Waals surface area contributed by atoms with Crippen molar-refractivity contribution in [3.8, 4) is 5.75 Å². The van der Waals surface area contributed by atoms with Crippen molar-refractivity contribution in [3.05, 3.63) is 29.6 Å². The molecule has 1 N–H and O–H groups in total. The van der Waals surface area contributed by atoms with Crippen LogP contribution in [0.5, 0.6) is 5.75 Å².